The maximum Gasteiger partial charge on any atom is 0.324 e. The summed E-state index contributed by atoms with van der Waals surface area (Å²) in [7, 11) is 1.82. The van der Waals surface area contributed by atoms with Crippen molar-refractivity contribution in [2.45, 2.75) is 19.8 Å². The molecular weight excluding hydrogens is 214 g/mol. The van der Waals surface area contributed by atoms with E-state index in [0.29, 0.717) is 0 Å². The molecule has 4 heteroatoms. The Kier molecular flexibility index (Phi) is 3.61. The molecule has 1 saturated heterocycles. The zero-order valence-corrected chi connectivity index (χ0v) is 10.5. The predicted octanol–water partition coefficient (Wildman–Crippen LogP) is 2.37. The second-order valence-electron chi connectivity index (χ2n) is 4.72. The summed E-state index contributed by atoms with van der Waals surface area (Å²) in [5.74, 6) is 0.741. The van der Waals surface area contributed by atoms with E-state index in [9.17, 15) is 4.79 Å². The van der Waals surface area contributed by atoms with Crippen molar-refractivity contribution in [3.05, 3.63) is 24.5 Å². The molecule has 0 bridgehead atoms. The Balaban J connectivity index is 2.00. The van der Waals surface area contributed by atoms with Gasteiger partial charge < -0.3 is 4.90 Å². The molecule has 0 atom stereocenters. The van der Waals surface area contributed by atoms with Gasteiger partial charge in [-0.15, -0.1) is 0 Å². The maximum absolute atomic E-state index is 12.2. The van der Waals surface area contributed by atoms with Gasteiger partial charge in [-0.3, -0.25) is 9.88 Å². The van der Waals surface area contributed by atoms with Crippen LogP contribution in [0.4, 0.5) is 10.5 Å². The number of rotatable bonds is 1. The molecule has 0 aliphatic carbocycles. The van der Waals surface area contributed by atoms with Crippen LogP contribution >= 0.6 is 0 Å². The van der Waals surface area contributed by atoms with Gasteiger partial charge >= 0.3 is 6.03 Å². The van der Waals surface area contributed by atoms with Crippen molar-refractivity contribution < 1.29 is 4.79 Å². The Bertz CT molecular complexity index is 372. The summed E-state index contributed by atoms with van der Waals surface area (Å²) in [5.41, 5.74) is 0.892. The predicted molar refractivity (Wildman–Crippen MR) is 68.0 cm³/mol. The molecule has 17 heavy (non-hydrogen) atoms. The molecule has 0 unspecified atom stereocenters. The Morgan fingerprint density at radius 1 is 1.35 bits per heavy atom. The third-order valence-corrected chi connectivity index (χ3v) is 3.39. The maximum atomic E-state index is 12.2. The van der Waals surface area contributed by atoms with Gasteiger partial charge in [0.2, 0.25) is 0 Å². The number of hydrogen-bond donors (Lipinski definition) is 0. The largest absolute Gasteiger partial charge is 0.324 e. The number of urea groups is 1. The minimum Gasteiger partial charge on any atom is -0.324 e. The molecule has 1 aromatic heterocycles. The molecule has 1 aromatic rings. The molecule has 0 aromatic carbocycles. The fraction of sp³-hybridized carbons (Fsp3) is 0.538. The second-order valence-corrected chi connectivity index (χ2v) is 4.72. The summed E-state index contributed by atoms with van der Waals surface area (Å²) in [6, 6.07) is 3.79. The fourth-order valence-electron chi connectivity index (χ4n) is 2.09. The summed E-state index contributed by atoms with van der Waals surface area (Å²) < 4.78 is 0. The minimum atomic E-state index is 0.0862. The van der Waals surface area contributed by atoms with Crippen LogP contribution in [0.15, 0.2) is 24.5 Å². The zero-order chi connectivity index (χ0) is 12.3. The average molecular weight is 233 g/mol. The Hall–Kier alpha value is -1.58. The smallest absolute Gasteiger partial charge is 0.324 e. The van der Waals surface area contributed by atoms with Crippen molar-refractivity contribution in [3.8, 4) is 0 Å². The van der Waals surface area contributed by atoms with E-state index in [-0.39, 0.29) is 6.03 Å². The molecule has 0 N–H and O–H groups in total. The van der Waals surface area contributed by atoms with Crippen LogP contribution in [-0.2, 0) is 0 Å². The van der Waals surface area contributed by atoms with Crippen molar-refractivity contribution in [3.63, 3.8) is 0 Å². The lowest BCUT2D eigenvalue weighted by molar-refractivity contribution is 0.181. The number of carbonyl (C=O) groups is 1. The van der Waals surface area contributed by atoms with E-state index in [4.69, 9.17) is 0 Å². The number of pyridine rings is 1. The molecule has 0 radical (unpaired) electrons. The van der Waals surface area contributed by atoms with E-state index in [1.807, 2.05) is 24.1 Å². The highest BCUT2D eigenvalue weighted by atomic mass is 16.2. The van der Waals surface area contributed by atoms with Crippen LogP contribution in [0.25, 0.3) is 0 Å². The molecule has 1 aliphatic heterocycles. The van der Waals surface area contributed by atoms with E-state index in [0.717, 1.165) is 37.5 Å². The number of amides is 2. The number of piperidine rings is 1. The van der Waals surface area contributed by atoms with Crippen LogP contribution in [0.5, 0.6) is 0 Å². The van der Waals surface area contributed by atoms with Gasteiger partial charge in [-0.25, -0.2) is 4.79 Å². The number of anilines is 1. The summed E-state index contributed by atoms with van der Waals surface area (Å²) in [6.45, 7) is 3.99. The number of nitrogens with zero attached hydrogens (tertiary/aromatic N) is 3. The summed E-state index contributed by atoms with van der Waals surface area (Å²) >= 11 is 0. The normalized spacial score (nSPS) is 16.9. The molecule has 2 rings (SSSR count). The first-order valence-electron chi connectivity index (χ1n) is 6.11. The summed E-state index contributed by atoms with van der Waals surface area (Å²) in [4.78, 5) is 19.8. The number of hydrogen-bond acceptors (Lipinski definition) is 2. The van der Waals surface area contributed by atoms with Crippen molar-refractivity contribution in [1.29, 1.82) is 0 Å². The van der Waals surface area contributed by atoms with Gasteiger partial charge in [0.1, 0.15) is 0 Å². The van der Waals surface area contributed by atoms with Crippen LogP contribution in [0.2, 0.25) is 0 Å². The summed E-state index contributed by atoms with van der Waals surface area (Å²) in [6.07, 6.45) is 5.63. The van der Waals surface area contributed by atoms with Gasteiger partial charge in [-0.2, -0.15) is 0 Å². The Labute approximate surface area is 102 Å². The first kappa shape index (κ1) is 11.9. The quantitative estimate of drug-likeness (QED) is 0.746. The molecule has 0 spiro atoms. The zero-order valence-electron chi connectivity index (χ0n) is 10.5. The highest BCUT2D eigenvalue weighted by Gasteiger charge is 2.23. The lowest BCUT2D eigenvalue weighted by Gasteiger charge is -2.33. The van der Waals surface area contributed by atoms with Crippen molar-refractivity contribution in [1.82, 2.24) is 9.88 Å². The van der Waals surface area contributed by atoms with E-state index >= 15 is 0 Å². The highest BCUT2D eigenvalue weighted by molar-refractivity contribution is 5.91. The van der Waals surface area contributed by atoms with Crippen molar-refractivity contribution in [2.24, 2.45) is 5.92 Å². The lowest BCUT2D eigenvalue weighted by atomic mass is 10.00. The van der Waals surface area contributed by atoms with Crippen LogP contribution in [0.1, 0.15) is 19.8 Å². The van der Waals surface area contributed by atoms with Crippen molar-refractivity contribution >= 4 is 11.7 Å². The molecule has 1 aliphatic rings. The van der Waals surface area contributed by atoms with Gasteiger partial charge in [0, 0.05) is 38.2 Å². The first-order valence-corrected chi connectivity index (χ1v) is 6.11. The molecule has 0 saturated carbocycles. The van der Waals surface area contributed by atoms with E-state index in [2.05, 4.69) is 11.9 Å². The molecule has 4 nitrogen and oxygen atoms in total. The minimum absolute atomic E-state index is 0.0862. The van der Waals surface area contributed by atoms with E-state index in [1.165, 1.54) is 0 Å². The number of aromatic nitrogens is 1. The molecule has 2 amide bonds. The number of carbonyl (C=O) groups excluding carboxylic acids is 1. The second kappa shape index (κ2) is 5.17. The number of likely N-dealkylation sites (tertiary alicyclic amines) is 1. The van der Waals surface area contributed by atoms with Crippen LogP contribution in [-0.4, -0.2) is 36.1 Å². The highest BCUT2D eigenvalue weighted by Crippen LogP contribution is 2.19. The standard InChI is InChI=1S/C13H19N3O/c1-11-5-9-16(10-6-11)13(17)15(2)12-3-7-14-8-4-12/h3-4,7-8,11H,5-6,9-10H2,1-2H3. The van der Waals surface area contributed by atoms with E-state index in [1.54, 1.807) is 17.3 Å². The van der Waals surface area contributed by atoms with Crippen LogP contribution in [0.3, 0.4) is 0 Å². The monoisotopic (exact) mass is 233 g/mol. The third-order valence-electron chi connectivity index (χ3n) is 3.39. The summed E-state index contributed by atoms with van der Waals surface area (Å²) in [5, 5.41) is 0. The van der Waals surface area contributed by atoms with E-state index < -0.39 is 0 Å². The SMILES string of the molecule is CC1CCN(C(=O)N(C)c2ccncc2)CC1. The Morgan fingerprint density at radius 3 is 2.53 bits per heavy atom. The van der Waals surface area contributed by atoms with Gasteiger partial charge in [-0.05, 0) is 30.9 Å². The average Bonchev–Trinajstić information content (AvgIpc) is 2.39. The van der Waals surface area contributed by atoms with Crippen molar-refractivity contribution in [2.75, 3.05) is 25.0 Å². The molecular formula is C13H19N3O. The molecule has 2 heterocycles. The van der Waals surface area contributed by atoms with Gasteiger partial charge in [0.25, 0.3) is 0 Å². The fourth-order valence-corrected chi connectivity index (χ4v) is 2.09. The van der Waals surface area contributed by atoms with Gasteiger partial charge in [-0.1, -0.05) is 6.92 Å². The van der Waals surface area contributed by atoms with Crippen LogP contribution in [0, 0.1) is 5.92 Å². The van der Waals surface area contributed by atoms with Crippen LogP contribution < -0.4 is 4.90 Å². The topological polar surface area (TPSA) is 36.4 Å². The Morgan fingerprint density at radius 2 is 1.94 bits per heavy atom. The third kappa shape index (κ3) is 2.75. The molecule has 1 fully saturated rings. The first-order chi connectivity index (χ1) is 8.18. The van der Waals surface area contributed by atoms with Gasteiger partial charge in [0.05, 0.1) is 0 Å². The van der Waals surface area contributed by atoms with Gasteiger partial charge in [0.15, 0.2) is 0 Å². The molecule has 92 valence electrons. The lowest BCUT2D eigenvalue weighted by Crippen LogP contribution is -2.45.